The Labute approximate surface area is 116 Å². The highest BCUT2D eigenvalue weighted by molar-refractivity contribution is 6.33. The highest BCUT2D eigenvalue weighted by Gasteiger charge is 2.13. The lowest BCUT2D eigenvalue weighted by Gasteiger charge is -2.09. The van der Waals surface area contributed by atoms with Crippen molar-refractivity contribution in [2.75, 3.05) is 12.4 Å². The van der Waals surface area contributed by atoms with Crippen LogP contribution in [-0.4, -0.2) is 22.1 Å². The summed E-state index contributed by atoms with van der Waals surface area (Å²) in [7, 11) is 1.33. The van der Waals surface area contributed by atoms with Crippen molar-refractivity contribution < 1.29 is 13.5 Å². The summed E-state index contributed by atoms with van der Waals surface area (Å²) in [6.45, 7) is 0. The summed E-state index contributed by atoms with van der Waals surface area (Å²) in [5.74, 6) is -1.76. The first-order valence-electron chi connectivity index (χ1n) is 4.86. The zero-order valence-electron chi connectivity index (χ0n) is 9.42. The predicted molar refractivity (Wildman–Crippen MR) is 66.0 cm³/mol. The molecule has 0 aliphatic carbocycles. The smallest absolute Gasteiger partial charge is 0.322 e. The van der Waals surface area contributed by atoms with Crippen molar-refractivity contribution in [1.82, 2.24) is 15.0 Å². The molecule has 0 aliphatic rings. The number of rotatable bonds is 3. The highest BCUT2D eigenvalue weighted by atomic mass is 35.5. The van der Waals surface area contributed by atoms with Gasteiger partial charge in [-0.3, -0.25) is 0 Å². The molecule has 1 N–H and O–H groups in total. The fourth-order valence-corrected chi connectivity index (χ4v) is 1.65. The lowest BCUT2D eigenvalue weighted by atomic mass is 10.3. The number of anilines is 2. The van der Waals surface area contributed by atoms with E-state index >= 15 is 0 Å². The van der Waals surface area contributed by atoms with E-state index in [4.69, 9.17) is 27.9 Å². The fraction of sp³-hybridized carbons (Fsp3) is 0.100. The summed E-state index contributed by atoms with van der Waals surface area (Å²) in [6.07, 6.45) is 0. The number of methoxy groups -OCH3 is 1. The second-order valence-corrected chi connectivity index (χ2v) is 4.03. The Hall–Kier alpha value is -1.73. The summed E-state index contributed by atoms with van der Waals surface area (Å²) in [4.78, 5) is 11.2. The molecule has 100 valence electrons. The minimum atomic E-state index is -0.888. The Bertz CT molecular complexity index is 603. The molecule has 0 atom stereocenters. The first-order chi connectivity index (χ1) is 8.99. The van der Waals surface area contributed by atoms with E-state index in [1.54, 1.807) is 0 Å². The van der Waals surface area contributed by atoms with Crippen molar-refractivity contribution in [1.29, 1.82) is 0 Å². The Morgan fingerprint density at radius 3 is 2.53 bits per heavy atom. The molecular weight excluding hydrogens is 301 g/mol. The van der Waals surface area contributed by atoms with Crippen LogP contribution >= 0.6 is 23.2 Å². The Kier molecular flexibility index (Phi) is 3.96. The van der Waals surface area contributed by atoms with E-state index < -0.39 is 11.6 Å². The van der Waals surface area contributed by atoms with E-state index in [1.165, 1.54) is 7.11 Å². The Balaban J connectivity index is 2.39. The number of aromatic nitrogens is 3. The lowest BCUT2D eigenvalue weighted by molar-refractivity contribution is 0.379. The number of hydrogen-bond donors (Lipinski definition) is 1. The quantitative estimate of drug-likeness (QED) is 0.943. The molecule has 1 heterocycles. The van der Waals surface area contributed by atoms with Crippen molar-refractivity contribution in [2.45, 2.75) is 0 Å². The van der Waals surface area contributed by atoms with Gasteiger partial charge in [0.2, 0.25) is 11.2 Å². The minimum absolute atomic E-state index is 0.0545. The Morgan fingerprint density at radius 2 is 1.89 bits per heavy atom. The fourth-order valence-electron chi connectivity index (χ4n) is 1.25. The van der Waals surface area contributed by atoms with Crippen LogP contribution in [-0.2, 0) is 0 Å². The van der Waals surface area contributed by atoms with E-state index in [9.17, 15) is 8.78 Å². The minimum Gasteiger partial charge on any atom is -0.467 e. The summed E-state index contributed by atoms with van der Waals surface area (Å²) >= 11 is 11.4. The van der Waals surface area contributed by atoms with E-state index in [0.29, 0.717) is 6.07 Å². The maximum atomic E-state index is 13.6. The van der Waals surface area contributed by atoms with Crippen LogP contribution in [0, 0.1) is 11.6 Å². The van der Waals surface area contributed by atoms with Crippen LogP contribution in [0.4, 0.5) is 20.4 Å². The molecule has 2 rings (SSSR count). The molecule has 1 aromatic carbocycles. The highest BCUT2D eigenvalue weighted by Crippen LogP contribution is 2.28. The first kappa shape index (κ1) is 13.7. The maximum Gasteiger partial charge on any atom is 0.322 e. The third-order valence-corrected chi connectivity index (χ3v) is 2.48. The molecule has 5 nitrogen and oxygen atoms in total. The molecule has 0 amide bonds. The SMILES string of the molecule is COc1nc(Cl)nc(Nc2c(F)cc(F)cc2Cl)n1. The molecule has 19 heavy (non-hydrogen) atoms. The van der Waals surface area contributed by atoms with Crippen molar-refractivity contribution in [3.8, 4) is 6.01 Å². The van der Waals surface area contributed by atoms with Gasteiger partial charge in [-0.1, -0.05) is 11.6 Å². The van der Waals surface area contributed by atoms with Crippen molar-refractivity contribution in [3.63, 3.8) is 0 Å². The molecule has 0 unspecified atom stereocenters. The lowest BCUT2D eigenvalue weighted by Crippen LogP contribution is -2.03. The van der Waals surface area contributed by atoms with Gasteiger partial charge in [0.1, 0.15) is 5.82 Å². The van der Waals surface area contributed by atoms with Gasteiger partial charge in [0, 0.05) is 6.07 Å². The van der Waals surface area contributed by atoms with Gasteiger partial charge in [0.25, 0.3) is 0 Å². The summed E-state index contributed by atoms with van der Waals surface area (Å²) < 4.78 is 31.2. The van der Waals surface area contributed by atoms with Gasteiger partial charge in [0.15, 0.2) is 5.82 Å². The van der Waals surface area contributed by atoms with Crippen LogP contribution < -0.4 is 10.1 Å². The number of halogens is 4. The molecule has 0 aliphatic heterocycles. The normalized spacial score (nSPS) is 10.4. The van der Waals surface area contributed by atoms with E-state index in [-0.39, 0.29) is 28.0 Å². The second kappa shape index (κ2) is 5.50. The maximum absolute atomic E-state index is 13.6. The summed E-state index contributed by atoms with van der Waals surface area (Å²) in [5.41, 5.74) is -0.174. The van der Waals surface area contributed by atoms with Crippen molar-refractivity contribution in [3.05, 3.63) is 34.1 Å². The molecule has 0 saturated heterocycles. The zero-order chi connectivity index (χ0) is 14.0. The molecule has 2 aromatic rings. The van der Waals surface area contributed by atoms with Crippen LogP contribution in [0.1, 0.15) is 0 Å². The van der Waals surface area contributed by atoms with Crippen LogP contribution in [0.25, 0.3) is 0 Å². The number of nitrogens with one attached hydrogen (secondary N) is 1. The van der Waals surface area contributed by atoms with Gasteiger partial charge < -0.3 is 10.1 Å². The van der Waals surface area contributed by atoms with Gasteiger partial charge in [-0.25, -0.2) is 8.78 Å². The molecule has 0 fully saturated rings. The molecule has 0 saturated carbocycles. The third kappa shape index (κ3) is 3.18. The average molecular weight is 307 g/mol. The van der Waals surface area contributed by atoms with Gasteiger partial charge in [0.05, 0.1) is 17.8 Å². The van der Waals surface area contributed by atoms with Crippen LogP contribution in [0.15, 0.2) is 12.1 Å². The second-order valence-electron chi connectivity index (χ2n) is 3.28. The predicted octanol–water partition coefficient (Wildman–Crippen LogP) is 3.21. The number of benzene rings is 1. The summed E-state index contributed by atoms with van der Waals surface area (Å²) in [6, 6.07) is 1.57. The van der Waals surface area contributed by atoms with Crippen LogP contribution in [0.2, 0.25) is 10.3 Å². The molecule has 1 aromatic heterocycles. The largest absolute Gasteiger partial charge is 0.467 e. The van der Waals surface area contributed by atoms with Crippen molar-refractivity contribution in [2.24, 2.45) is 0 Å². The number of nitrogens with zero attached hydrogens (tertiary/aromatic N) is 3. The van der Waals surface area contributed by atoms with Crippen molar-refractivity contribution >= 4 is 34.8 Å². The van der Waals surface area contributed by atoms with Gasteiger partial charge in [-0.05, 0) is 17.7 Å². The zero-order valence-corrected chi connectivity index (χ0v) is 10.9. The Morgan fingerprint density at radius 1 is 1.16 bits per heavy atom. The van der Waals surface area contributed by atoms with Gasteiger partial charge >= 0.3 is 6.01 Å². The molecule has 9 heteroatoms. The molecule has 0 spiro atoms. The monoisotopic (exact) mass is 306 g/mol. The summed E-state index contributed by atoms with van der Waals surface area (Å²) in [5, 5.41) is 2.18. The van der Waals surface area contributed by atoms with Gasteiger partial charge in [-0.2, -0.15) is 15.0 Å². The average Bonchev–Trinajstić information content (AvgIpc) is 2.33. The van der Waals surface area contributed by atoms with Crippen LogP contribution in [0.3, 0.4) is 0 Å². The topological polar surface area (TPSA) is 59.9 Å². The van der Waals surface area contributed by atoms with E-state index in [2.05, 4.69) is 20.3 Å². The van der Waals surface area contributed by atoms with Crippen LogP contribution in [0.5, 0.6) is 6.01 Å². The standard InChI is InChI=1S/C10H6Cl2F2N4O/c1-19-10-17-8(12)16-9(18-10)15-7-5(11)2-4(13)3-6(7)14/h2-3H,1H3,(H,15,16,17,18). The third-order valence-electron chi connectivity index (χ3n) is 2.01. The first-order valence-corrected chi connectivity index (χ1v) is 5.62. The van der Waals surface area contributed by atoms with Gasteiger partial charge in [-0.15, -0.1) is 0 Å². The van der Waals surface area contributed by atoms with E-state index in [1.807, 2.05) is 0 Å². The molecule has 0 bridgehead atoms. The number of hydrogen-bond acceptors (Lipinski definition) is 5. The number of ether oxygens (including phenoxy) is 1. The van der Waals surface area contributed by atoms with E-state index in [0.717, 1.165) is 6.07 Å². The molecular formula is C10H6Cl2F2N4O. The molecule has 0 radical (unpaired) electrons.